The lowest BCUT2D eigenvalue weighted by Crippen LogP contribution is -2.36. The van der Waals surface area contributed by atoms with Crippen molar-refractivity contribution in [3.05, 3.63) is 21.9 Å². The van der Waals surface area contributed by atoms with Gasteiger partial charge in [-0.1, -0.05) is 13.8 Å². The average molecular weight is 400 g/mol. The lowest BCUT2D eigenvalue weighted by atomic mass is 9.99. The van der Waals surface area contributed by atoms with Crippen molar-refractivity contribution in [3.8, 4) is 0 Å². The molecule has 2 aromatic rings. The molecule has 0 bridgehead atoms. The summed E-state index contributed by atoms with van der Waals surface area (Å²) in [6.07, 6.45) is -2.74. The zero-order valence-corrected chi connectivity index (χ0v) is 16.6. The van der Waals surface area contributed by atoms with Gasteiger partial charge >= 0.3 is 6.18 Å². The molecule has 1 saturated heterocycles. The van der Waals surface area contributed by atoms with Gasteiger partial charge in [0.25, 0.3) is 0 Å². The Morgan fingerprint density at radius 3 is 2.52 bits per heavy atom. The third-order valence-corrected chi connectivity index (χ3v) is 5.42. The van der Waals surface area contributed by atoms with Crippen LogP contribution in [0.5, 0.6) is 0 Å². The zero-order chi connectivity index (χ0) is 19.8. The SMILES string of the molecule is CC(C)c1nc(N(C)C)nc(N2CCCC(c3nc(C(F)(F)F)cs3)C2)n1. The highest BCUT2D eigenvalue weighted by Gasteiger charge is 2.35. The van der Waals surface area contributed by atoms with Gasteiger partial charge in [-0.3, -0.25) is 0 Å². The topological polar surface area (TPSA) is 58.0 Å². The molecule has 0 amide bonds. The molecule has 3 rings (SSSR count). The summed E-state index contributed by atoms with van der Waals surface area (Å²) in [5.74, 6) is 1.97. The first-order valence-corrected chi connectivity index (χ1v) is 9.74. The normalized spacial score (nSPS) is 18.2. The molecule has 10 heteroatoms. The van der Waals surface area contributed by atoms with Crippen molar-refractivity contribution in [1.82, 2.24) is 19.9 Å². The van der Waals surface area contributed by atoms with Crippen LogP contribution in [0.2, 0.25) is 0 Å². The van der Waals surface area contributed by atoms with Crippen LogP contribution in [0.25, 0.3) is 0 Å². The molecule has 0 saturated carbocycles. The van der Waals surface area contributed by atoms with E-state index in [1.807, 2.05) is 37.7 Å². The predicted molar refractivity (Wildman–Crippen MR) is 99.5 cm³/mol. The molecule has 0 radical (unpaired) electrons. The van der Waals surface area contributed by atoms with Gasteiger partial charge in [0, 0.05) is 44.4 Å². The van der Waals surface area contributed by atoms with Crippen molar-refractivity contribution in [1.29, 1.82) is 0 Å². The highest BCUT2D eigenvalue weighted by atomic mass is 32.1. The molecule has 1 aliphatic heterocycles. The molecule has 3 heterocycles. The molecule has 6 nitrogen and oxygen atoms in total. The molecule has 1 aliphatic rings. The van der Waals surface area contributed by atoms with Crippen LogP contribution >= 0.6 is 11.3 Å². The lowest BCUT2D eigenvalue weighted by Gasteiger charge is -2.32. The van der Waals surface area contributed by atoms with Gasteiger partial charge in [-0.05, 0) is 12.8 Å². The highest BCUT2D eigenvalue weighted by Crippen LogP contribution is 2.35. The molecule has 2 aromatic heterocycles. The van der Waals surface area contributed by atoms with Crippen molar-refractivity contribution in [3.63, 3.8) is 0 Å². The molecule has 148 valence electrons. The molecule has 1 fully saturated rings. The maximum absolute atomic E-state index is 12.9. The fraction of sp³-hybridized carbons (Fsp3) is 0.647. The molecule has 1 atom stereocenters. The summed E-state index contributed by atoms with van der Waals surface area (Å²) in [5.41, 5.74) is -0.809. The first-order valence-electron chi connectivity index (χ1n) is 8.86. The minimum absolute atomic E-state index is 0.0538. The second kappa shape index (κ2) is 7.57. The maximum atomic E-state index is 12.9. The first-order chi connectivity index (χ1) is 12.6. The van der Waals surface area contributed by atoms with Crippen LogP contribution < -0.4 is 9.80 Å². The monoisotopic (exact) mass is 400 g/mol. The van der Waals surface area contributed by atoms with E-state index < -0.39 is 11.9 Å². The molecule has 0 aromatic carbocycles. The number of aromatic nitrogens is 4. The summed E-state index contributed by atoms with van der Waals surface area (Å²) in [6, 6.07) is 0. The Morgan fingerprint density at radius 1 is 1.19 bits per heavy atom. The van der Waals surface area contributed by atoms with E-state index in [2.05, 4.69) is 19.9 Å². The van der Waals surface area contributed by atoms with Gasteiger partial charge in [-0.2, -0.15) is 28.1 Å². The Hall–Kier alpha value is -1.97. The van der Waals surface area contributed by atoms with Gasteiger partial charge in [0.15, 0.2) is 5.69 Å². The van der Waals surface area contributed by atoms with Crippen LogP contribution in [-0.4, -0.2) is 47.1 Å². The molecule has 1 unspecified atom stereocenters. The fourth-order valence-electron chi connectivity index (χ4n) is 2.93. The number of anilines is 2. The Labute approximate surface area is 160 Å². The predicted octanol–water partition coefficient (Wildman–Crippen LogP) is 3.92. The standard InChI is InChI=1S/C17H23F3N6S/c1-10(2)13-22-15(25(3)4)24-16(23-13)26-7-5-6-11(8-26)14-21-12(9-27-14)17(18,19)20/h9-11H,5-8H2,1-4H3. The van der Waals surface area contributed by atoms with Gasteiger partial charge < -0.3 is 9.80 Å². The van der Waals surface area contributed by atoms with Crippen molar-refractivity contribution in [2.24, 2.45) is 0 Å². The number of thiazole rings is 1. The van der Waals surface area contributed by atoms with E-state index in [1.165, 1.54) is 0 Å². The number of hydrogen-bond acceptors (Lipinski definition) is 7. The summed E-state index contributed by atoms with van der Waals surface area (Å²) < 4.78 is 38.6. The van der Waals surface area contributed by atoms with Gasteiger partial charge in [-0.15, -0.1) is 11.3 Å². The van der Waals surface area contributed by atoms with E-state index in [1.54, 1.807) is 0 Å². The zero-order valence-electron chi connectivity index (χ0n) is 15.8. The minimum Gasteiger partial charge on any atom is -0.347 e. The number of alkyl halides is 3. The Morgan fingerprint density at radius 2 is 1.93 bits per heavy atom. The van der Waals surface area contributed by atoms with Crippen molar-refractivity contribution in [2.45, 2.75) is 44.7 Å². The third kappa shape index (κ3) is 4.48. The van der Waals surface area contributed by atoms with Gasteiger partial charge in [0.1, 0.15) is 5.82 Å². The minimum atomic E-state index is -4.40. The van der Waals surface area contributed by atoms with Crippen LogP contribution in [0.3, 0.4) is 0 Å². The number of piperidine rings is 1. The lowest BCUT2D eigenvalue weighted by molar-refractivity contribution is -0.140. The van der Waals surface area contributed by atoms with E-state index in [4.69, 9.17) is 0 Å². The number of hydrogen-bond donors (Lipinski definition) is 0. The maximum Gasteiger partial charge on any atom is 0.434 e. The summed E-state index contributed by atoms with van der Waals surface area (Å²) in [7, 11) is 3.74. The first kappa shape index (κ1) is 19.8. The second-order valence-electron chi connectivity index (χ2n) is 7.20. The average Bonchev–Trinajstić information content (AvgIpc) is 3.12. The Bertz CT molecular complexity index is 763. The van der Waals surface area contributed by atoms with E-state index in [0.717, 1.165) is 36.1 Å². The molecule has 0 spiro atoms. The van der Waals surface area contributed by atoms with E-state index in [-0.39, 0.29) is 11.8 Å². The Balaban J connectivity index is 1.85. The smallest absolute Gasteiger partial charge is 0.347 e. The Kier molecular flexibility index (Phi) is 5.55. The largest absolute Gasteiger partial charge is 0.434 e. The third-order valence-electron chi connectivity index (χ3n) is 4.41. The quantitative estimate of drug-likeness (QED) is 0.775. The fourth-order valence-corrected chi connectivity index (χ4v) is 3.89. The van der Waals surface area contributed by atoms with Crippen molar-refractivity contribution >= 4 is 23.2 Å². The van der Waals surface area contributed by atoms with Crippen LogP contribution in [0.4, 0.5) is 25.1 Å². The van der Waals surface area contributed by atoms with Gasteiger partial charge in [0.05, 0.1) is 5.01 Å². The molecular weight excluding hydrogens is 377 g/mol. The molecule has 27 heavy (non-hydrogen) atoms. The van der Waals surface area contributed by atoms with E-state index in [0.29, 0.717) is 29.3 Å². The van der Waals surface area contributed by atoms with Crippen LogP contribution in [0.1, 0.15) is 55.1 Å². The van der Waals surface area contributed by atoms with Crippen molar-refractivity contribution < 1.29 is 13.2 Å². The second-order valence-corrected chi connectivity index (χ2v) is 8.09. The molecular formula is C17H23F3N6S. The van der Waals surface area contributed by atoms with E-state index >= 15 is 0 Å². The van der Waals surface area contributed by atoms with Gasteiger partial charge in [0.2, 0.25) is 11.9 Å². The summed E-state index contributed by atoms with van der Waals surface area (Å²) in [5, 5.41) is 1.62. The molecule has 0 aliphatic carbocycles. The molecule has 0 N–H and O–H groups in total. The van der Waals surface area contributed by atoms with Crippen LogP contribution in [-0.2, 0) is 6.18 Å². The van der Waals surface area contributed by atoms with Crippen LogP contribution in [0.15, 0.2) is 5.38 Å². The van der Waals surface area contributed by atoms with E-state index in [9.17, 15) is 13.2 Å². The van der Waals surface area contributed by atoms with Gasteiger partial charge in [-0.25, -0.2) is 4.98 Å². The number of rotatable bonds is 4. The summed E-state index contributed by atoms with van der Waals surface area (Å²) >= 11 is 1.08. The number of nitrogens with zero attached hydrogens (tertiary/aromatic N) is 6. The highest BCUT2D eigenvalue weighted by molar-refractivity contribution is 7.09. The van der Waals surface area contributed by atoms with Crippen molar-refractivity contribution in [2.75, 3.05) is 37.0 Å². The summed E-state index contributed by atoms with van der Waals surface area (Å²) in [4.78, 5) is 21.3. The summed E-state index contributed by atoms with van der Waals surface area (Å²) in [6.45, 7) is 5.36. The number of halogens is 3. The van der Waals surface area contributed by atoms with Crippen LogP contribution in [0, 0.1) is 0 Å².